The van der Waals surface area contributed by atoms with E-state index >= 15 is 0 Å². The van der Waals surface area contributed by atoms with Crippen molar-refractivity contribution in [3.8, 4) is 0 Å². The summed E-state index contributed by atoms with van der Waals surface area (Å²) in [6, 6.07) is 0. The molecule has 0 aliphatic carbocycles. The van der Waals surface area contributed by atoms with Crippen LogP contribution in [0.3, 0.4) is 0 Å². The molecule has 1 N–H and O–H groups in total. The number of hydrogen-bond acceptors (Lipinski definition) is 3. The fraction of sp³-hybridized carbons (Fsp3) is 0.750. The van der Waals surface area contributed by atoms with Gasteiger partial charge in [0.25, 0.3) is 0 Å². The maximum absolute atomic E-state index is 11.9. The Morgan fingerprint density at radius 3 is 2.45 bits per heavy atom. The first-order chi connectivity index (χ1) is 10.6. The molecule has 0 atom stereocenters. The highest BCUT2D eigenvalue weighted by Crippen LogP contribution is 2.14. The van der Waals surface area contributed by atoms with Crippen molar-refractivity contribution in [3.63, 3.8) is 0 Å². The molecular formula is C16H26F2N2O2. The van der Waals surface area contributed by atoms with Crippen LogP contribution in [0, 0.1) is 0 Å². The van der Waals surface area contributed by atoms with Crippen molar-refractivity contribution in [2.45, 2.75) is 71.1 Å². The number of ether oxygens (including phenoxy) is 1. The molecule has 0 unspecified atom stereocenters. The van der Waals surface area contributed by atoms with E-state index in [1.54, 1.807) is 6.92 Å². The molecule has 0 amide bonds. The lowest BCUT2D eigenvalue weighted by molar-refractivity contribution is 0.0525. The fourth-order valence-corrected chi connectivity index (χ4v) is 2.37. The molecule has 6 heteroatoms. The van der Waals surface area contributed by atoms with E-state index in [1.807, 2.05) is 0 Å². The van der Waals surface area contributed by atoms with Gasteiger partial charge in [-0.15, -0.1) is 0 Å². The van der Waals surface area contributed by atoms with E-state index in [1.165, 1.54) is 6.20 Å². The number of aromatic nitrogens is 2. The predicted octanol–water partition coefficient (Wildman–Crippen LogP) is 4.51. The second kappa shape index (κ2) is 11.2. The number of aryl methyl sites for hydroxylation is 1. The van der Waals surface area contributed by atoms with Crippen LogP contribution in [-0.2, 0) is 11.2 Å². The highest BCUT2D eigenvalue weighted by molar-refractivity contribution is 5.90. The lowest BCUT2D eigenvalue weighted by Crippen LogP contribution is -2.06. The van der Waals surface area contributed by atoms with Gasteiger partial charge >= 0.3 is 5.97 Å². The Kier molecular flexibility index (Phi) is 9.42. The van der Waals surface area contributed by atoms with Crippen LogP contribution in [-0.4, -0.2) is 29.2 Å². The smallest absolute Gasteiger partial charge is 0.341 e. The van der Waals surface area contributed by atoms with Crippen LogP contribution in [0.1, 0.15) is 74.3 Å². The molecule has 22 heavy (non-hydrogen) atoms. The molecule has 1 aromatic rings. The summed E-state index contributed by atoms with van der Waals surface area (Å²) < 4.78 is 28.9. The Bertz CT molecular complexity index is 422. The summed E-state index contributed by atoms with van der Waals surface area (Å²) in [4.78, 5) is 11.7. The summed E-state index contributed by atoms with van der Waals surface area (Å²) in [7, 11) is 0. The number of rotatable bonds is 12. The number of halogens is 2. The molecule has 126 valence electrons. The van der Waals surface area contributed by atoms with Gasteiger partial charge < -0.3 is 4.74 Å². The van der Waals surface area contributed by atoms with E-state index in [4.69, 9.17) is 4.74 Å². The number of carbonyl (C=O) groups is 1. The minimum Gasteiger partial charge on any atom is -0.462 e. The molecule has 0 bridgehead atoms. The third-order valence-corrected chi connectivity index (χ3v) is 3.56. The standard InChI is InChI=1S/C16H26F2N2O2/c1-2-22-16(21)13-12-19-20-14(13)10-8-6-4-3-5-7-9-11-15(17)18/h12,15H,2-11H2,1H3,(H,19,20). The van der Waals surface area contributed by atoms with Crippen molar-refractivity contribution in [3.05, 3.63) is 17.5 Å². The zero-order chi connectivity index (χ0) is 16.2. The lowest BCUT2D eigenvalue weighted by Gasteiger charge is -2.04. The van der Waals surface area contributed by atoms with Gasteiger partial charge in [0.05, 0.1) is 12.8 Å². The molecule has 0 aliphatic heterocycles. The van der Waals surface area contributed by atoms with Crippen molar-refractivity contribution in [1.82, 2.24) is 10.2 Å². The Morgan fingerprint density at radius 1 is 1.18 bits per heavy atom. The largest absolute Gasteiger partial charge is 0.462 e. The zero-order valence-electron chi connectivity index (χ0n) is 13.2. The third kappa shape index (κ3) is 7.52. The van der Waals surface area contributed by atoms with Crippen molar-refractivity contribution < 1.29 is 18.3 Å². The minimum absolute atomic E-state index is 0.0243. The normalized spacial score (nSPS) is 11.1. The van der Waals surface area contributed by atoms with Gasteiger partial charge in [-0.3, -0.25) is 5.10 Å². The quantitative estimate of drug-likeness (QED) is 0.456. The van der Waals surface area contributed by atoms with Crippen LogP contribution < -0.4 is 0 Å². The fourth-order valence-electron chi connectivity index (χ4n) is 2.37. The van der Waals surface area contributed by atoms with Crippen LogP contribution in [0.2, 0.25) is 0 Å². The van der Waals surface area contributed by atoms with Gasteiger partial charge in [0, 0.05) is 12.1 Å². The number of esters is 1. The number of nitrogens with zero attached hydrogens (tertiary/aromatic N) is 1. The van der Waals surface area contributed by atoms with Gasteiger partial charge in [-0.2, -0.15) is 5.10 Å². The first-order valence-electron chi connectivity index (χ1n) is 8.12. The van der Waals surface area contributed by atoms with Crippen LogP contribution >= 0.6 is 0 Å². The molecule has 0 fully saturated rings. The number of aromatic amines is 1. The second-order valence-electron chi connectivity index (χ2n) is 5.39. The van der Waals surface area contributed by atoms with Crippen LogP contribution in [0.15, 0.2) is 6.20 Å². The summed E-state index contributed by atoms with van der Waals surface area (Å²) >= 11 is 0. The predicted molar refractivity (Wildman–Crippen MR) is 81.2 cm³/mol. The number of H-pyrrole nitrogens is 1. The van der Waals surface area contributed by atoms with Gasteiger partial charge in [-0.1, -0.05) is 32.1 Å². The Morgan fingerprint density at radius 2 is 1.82 bits per heavy atom. The molecule has 1 aromatic heterocycles. The molecule has 0 saturated carbocycles. The first-order valence-corrected chi connectivity index (χ1v) is 8.12. The van der Waals surface area contributed by atoms with Crippen LogP contribution in [0.5, 0.6) is 0 Å². The number of alkyl halides is 2. The van der Waals surface area contributed by atoms with Gasteiger partial charge in [0.2, 0.25) is 6.43 Å². The monoisotopic (exact) mass is 316 g/mol. The third-order valence-electron chi connectivity index (χ3n) is 3.56. The molecule has 4 nitrogen and oxygen atoms in total. The summed E-state index contributed by atoms with van der Waals surface area (Å²) in [5.41, 5.74) is 1.35. The number of unbranched alkanes of at least 4 members (excludes halogenated alkanes) is 6. The van der Waals surface area contributed by atoms with Crippen LogP contribution in [0.25, 0.3) is 0 Å². The average Bonchev–Trinajstić information content (AvgIpc) is 2.94. The van der Waals surface area contributed by atoms with E-state index in [0.717, 1.165) is 50.6 Å². The summed E-state index contributed by atoms with van der Waals surface area (Å²) in [6.45, 7) is 2.13. The van der Waals surface area contributed by atoms with Crippen molar-refractivity contribution in [2.75, 3.05) is 6.61 Å². The van der Waals surface area contributed by atoms with Crippen molar-refractivity contribution in [2.24, 2.45) is 0 Å². The molecule has 1 heterocycles. The number of carbonyl (C=O) groups excluding carboxylic acids is 1. The number of nitrogens with one attached hydrogen (secondary N) is 1. The average molecular weight is 316 g/mol. The summed E-state index contributed by atoms with van der Waals surface area (Å²) in [5, 5.41) is 6.75. The molecular weight excluding hydrogens is 290 g/mol. The topological polar surface area (TPSA) is 55.0 Å². The van der Waals surface area contributed by atoms with Gasteiger partial charge in [0.1, 0.15) is 5.56 Å². The molecule has 0 spiro atoms. The number of hydrogen-bond donors (Lipinski definition) is 1. The van der Waals surface area contributed by atoms with E-state index in [9.17, 15) is 13.6 Å². The van der Waals surface area contributed by atoms with Gasteiger partial charge in [0.15, 0.2) is 0 Å². The summed E-state index contributed by atoms with van der Waals surface area (Å²) in [6.07, 6.45) is 6.89. The lowest BCUT2D eigenvalue weighted by atomic mass is 10.1. The summed E-state index contributed by atoms with van der Waals surface area (Å²) in [5.74, 6) is -0.328. The van der Waals surface area contributed by atoms with Gasteiger partial charge in [-0.05, 0) is 26.2 Å². The van der Waals surface area contributed by atoms with Crippen LogP contribution in [0.4, 0.5) is 8.78 Å². The SMILES string of the molecule is CCOC(=O)c1cn[nH]c1CCCCCCCCCC(F)F. The molecule has 0 saturated heterocycles. The zero-order valence-corrected chi connectivity index (χ0v) is 13.2. The highest BCUT2D eigenvalue weighted by atomic mass is 19.3. The van der Waals surface area contributed by atoms with E-state index in [0.29, 0.717) is 18.6 Å². The molecule has 0 aliphatic rings. The molecule has 0 aromatic carbocycles. The molecule has 0 radical (unpaired) electrons. The Labute approximate surface area is 130 Å². The van der Waals surface area contributed by atoms with E-state index in [2.05, 4.69) is 10.2 Å². The van der Waals surface area contributed by atoms with E-state index in [-0.39, 0.29) is 12.4 Å². The maximum Gasteiger partial charge on any atom is 0.341 e. The molecule has 1 rings (SSSR count). The van der Waals surface area contributed by atoms with Crippen molar-refractivity contribution >= 4 is 5.97 Å². The maximum atomic E-state index is 11.9. The van der Waals surface area contributed by atoms with Crippen molar-refractivity contribution in [1.29, 1.82) is 0 Å². The first kappa shape index (κ1) is 18.6. The van der Waals surface area contributed by atoms with Gasteiger partial charge in [-0.25, -0.2) is 13.6 Å². The minimum atomic E-state index is -2.16. The Balaban J connectivity index is 2.08. The second-order valence-corrected chi connectivity index (χ2v) is 5.39. The highest BCUT2D eigenvalue weighted by Gasteiger charge is 2.14. The van der Waals surface area contributed by atoms with E-state index < -0.39 is 6.43 Å². The Hall–Kier alpha value is -1.46.